The van der Waals surface area contributed by atoms with Gasteiger partial charge in [-0.1, -0.05) is 31.0 Å². The SMILES string of the molecule is COC(=O)c1ccc(CN(Cc2cccnc2)CC2CCN(C3CCCC3)CC2)cc1. The Hall–Kier alpha value is -2.24. The number of piperidine rings is 1. The highest BCUT2D eigenvalue weighted by Gasteiger charge is 2.28. The van der Waals surface area contributed by atoms with Crippen molar-refractivity contribution in [1.29, 1.82) is 0 Å². The Morgan fingerprint density at radius 2 is 1.74 bits per heavy atom. The van der Waals surface area contributed by atoms with E-state index >= 15 is 0 Å². The Bertz CT molecular complexity index is 810. The molecule has 2 fully saturated rings. The standard InChI is InChI=1S/C26H35N3O2/c1-31-26(30)24-10-8-21(9-11-24)18-28(20-23-5-4-14-27-17-23)19-22-12-15-29(16-13-22)25-6-2-3-7-25/h4-5,8-11,14,17,22,25H,2-3,6-7,12-13,15-16,18-20H2,1H3. The van der Waals surface area contributed by atoms with Crippen molar-refractivity contribution in [2.45, 2.75) is 57.7 Å². The Morgan fingerprint density at radius 3 is 2.39 bits per heavy atom. The number of hydrogen-bond donors (Lipinski definition) is 0. The van der Waals surface area contributed by atoms with E-state index in [4.69, 9.17) is 4.74 Å². The number of benzene rings is 1. The molecule has 166 valence electrons. The predicted octanol–water partition coefficient (Wildman–Crippen LogP) is 4.53. The zero-order valence-corrected chi connectivity index (χ0v) is 18.7. The van der Waals surface area contributed by atoms with Crippen molar-refractivity contribution in [3.05, 3.63) is 65.5 Å². The van der Waals surface area contributed by atoms with E-state index in [1.807, 2.05) is 42.7 Å². The number of methoxy groups -OCH3 is 1. The molecule has 1 saturated carbocycles. The van der Waals surface area contributed by atoms with Gasteiger partial charge in [-0.2, -0.15) is 0 Å². The van der Waals surface area contributed by atoms with Crippen molar-refractivity contribution in [2.24, 2.45) is 5.92 Å². The summed E-state index contributed by atoms with van der Waals surface area (Å²) >= 11 is 0. The van der Waals surface area contributed by atoms with Crippen LogP contribution in [0.3, 0.4) is 0 Å². The van der Waals surface area contributed by atoms with Crippen LogP contribution in [0.25, 0.3) is 0 Å². The summed E-state index contributed by atoms with van der Waals surface area (Å²) in [6.45, 7) is 5.38. The fraction of sp³-hybridized carbons (Fsp3) is 0.538. The minimum atomic E-state index is -0.284. The van der Waals surface area contributed by atoms with Crippen LogP contribution in [0, 0.1) is 5.92 Å². The Morgan fingerprint density at radius 1 is 1.03 bits per heavy atom. The van der Waals surface area contributed by atoms with E-state index in [1.54, 1.807) is 0 Å². The number of ether oxygens (including phenoxy) is 1. The van der Waals surface area contributed by atoms with Gasteiger partial charge in [0.25, 0.3) is 0 Å². The normalized spacial score (nSPS) is 18.5. The molecular weight excluding hydrogens is 386 g/mol. The third kappa shape index (κ3) is 6.14. The highest BCUT2D eigenvalue weighted by Crippen LogP contribution is 2.28. The Labute approximate surface area is 186 Å². The van der Waals surface area contributed by atoms with Gasteiger partial charge in [0.1, 0.15) is 0 Å². The number of esters is 1. The maximum atomic E-state index is 11.7. The summed E-state index contributed by atoms with van der Waals surface area (Å²) in [5, 5.41) is 0. The summed E-state index contributed by atoms with van der Waals surface area (Å²) in [5.74, 6) is 0.455. The van der Waals surface area contributed by atoms with Gasteiger partial charge in [0.05, 0.1) is 12.7 Å². The first-order chi connectivity index (χ1) is 15.2. The Balaban J connectivity index is 1.38. The Kier molecular flexibility index (Phi) is 7.71. The number of carbonyl (C=O) groups is 1. The molecule has 0 bridgehead atoms. The third-order valence-electron chi connectivity index (χ3n) is 6.92. The molecule has 5 heteroatoms. The summed E-state index contributed by atoms with van der Waals surface area (Å²) < 4.78 is 4.82. The second-order valence-electron chi connectivity index (χ2n) is 9.14. The molecule has 1 aliphatic carbocycles. The van der Waals surface area contributed by atoms with Gasteiger partial charge in [-0.15, -0.1) is 0 Å². The van der Waals surface area contributed by atoms with Gasteiger partial charge < -0.3 is 9.64 Å². The van der Waals surface area contributed by atoms with Gasteiger partial charge in [0.15, 0.2) is 0 Å². The number of pyridine rings is 1. The molecule has 2 heterocycles. The van der Waals surface area contributed by atoms with Crippen molar-refractivity contribution < 1.29 is 9.53 Å². The van der Waals surface area contributed by atoms with Crippen LogP contribution >= 0.6 is 0 Å². The molecule has 0 amide bonds. The van der Waals surface area contributed by atoms with Crippen LogP contribution in [0.15, 0.2) is 48.8 Å². The van der Waals surface area contributed by atoms with Crippen molar-refractivity contribution in [3.8, 4) is 0 Å². The van der Waals surface area contributed by atoms with E-state index in [0.29, 0.717) is 5.56 Å². The first kappa shape index (κ1) is 22.0. The van der Waals surface area contributed by atoms with E-state index < -0.39 is 0 Å². The summed E-state index contributed by atoms with van der Waals surface area (Å²) in [6, 6.07) is 12.8. The molecule has 0 unspecified atom stereocenters. The molecule has 4 rings (SSSR count). The minimum Gasteiger partial charge on any atom is -0.465 e. The number of carbonyl (C=O) groups excluding carboxylic acids is 1. The largest absolute Gasteiger partial charge is 0.465 e. The highest BCUT2D eigenvalue weighted by molar-refractivity contribution is 5.89. The van der Waals surface area contributed by atoms with Gasteiger partial charge >= 0.3 is 5.97 Å². The molecule has 5 nitrogen and oxygen atoms in total. The van der Waals surface area contributed by atoms with Crippen molar-refractivity contribution in [2.75, 3.05) is 26.7 Å². The lowest BCUT2D eigenvalue weighted by Crippen LogP contribution is -2.42. The van der Waals surface area contributed by atoms with Gasteiger partial charge in [0, 0.05) is 38.1 Å². The third-order valence-corrected chi connectivity index (χ3v) is 6.92. The lowest BCUT2D eigenvalue weighted by atomic mass is 9.94. The average Bonchev–Trinajstić information content (AvgIpc) is 3.35. The summed E-state index contributed by atoms with van der Waals surface area (Å²) in [5.41, 5.74) is 3.07. The zero-order valence-electron chi connectivity index (χ0n) is 18.7. The average molecular weight is 422 g/mol. The maximum absolute atomic E-state index is 11.7. The summed E-state index contributed by atoms with van der Waals surface area (Å²) in [4.78, 5) is 21.3. The molecule has 0 atom stereocenters. The number of nitrogens with zero attached hydrogens (tertiary/aromatic N) is 3. The molecule has 1 aromatic carbocycles. The number of hydrogen-bond acceptors (Lipinski definition) is 5. The van der Waals surface area contributed by atoms with E-state index in [9.17, 15) is 4.79 Å². The van der Waals surface area contributed by atoms with Gasteiger partial charge in [-0.05, 0) is 74.0 Å². The molecule has 1 aliphatic heterocycles. The van der Waals surface area contributed by atoms with E-state index in [-0.39, 0.29) is 5.97 Å². The second-order valence-corrected chi connectivity index (χ2v) is 9.14. The lowest BCUT2D eigenvalue weighted by molar-refractivity contribution is 0.0600. The molecule has 2 aromatic rings. The van der Waals surface area contributed by atoms with Crippen LogP contribution in [-0.4, -0.2) is 53.5 Å². The van der Waals surface area contributed by atoms with Gasteiger partial charge in [-0.25, -0.2) is 4.79 Å². The van der Waals surface area contributed by atoms with Crippen LogP contribution in [0.1, 0.15) is 60.0 Å². The highest BCUT2D eigenvalue weighted by atomic mass is 16.5. The van der Waals surface area contributed by atoms with Crippen LogP contribution in [0.5, 0.6) is 0 Å². The van der Waals surface area contributed by atoms with Crippen molar-refractivity contribution >= 4 is 5.97 Å². The summed E-state index contributed by atoms with van der Waals surface area (Å²) in [7, 11) is 1.42. The number of likely N-dealkylation sites (tertiary alicyclic amines) is 1. The number of aromatic nitrogens is 1. The lowest BCUT2D eigenvalue weighted by Gasteiger charge is -2.38. The monoisotopic (exact) mass is 421 g/mol. The van der Waals surface area contributed by atoms with Crippen molar-refractivity contribution in [1.82, 2.24) is 14.8 Å². The van der Waals surface area contributed by atoms with Crippen LogP contribution in [0.2, 0.25) is 0 Å². The quantitative estimate of drug-likeness (QED) is 0.586. The van der Waals surface area contributed by atoms with Crippen LogP contribution in [-0.2, 0) is 17.8 Å². The molecule has 2 aliphatic rings. The van der Waals surface area contributed by atoms with Crippen LogP contribution < -0.4 is 0 Å². The smallest absolute Gasteiger partial charge is 0.337 e. The summed E-state index contributed by atoms with van der Waals surface area (Å²) in [6.07, 6.45) is 12.0. The van der Waals surface area contributed by atoms with Gasteiger partial charge in [-0.3, -0.25) is 9.88 Å². The second kappa shape index (κ2) is 10.9. The van der Waals surface area contributed by atoms with E-state index in [1.165, 1.54) is 69.9 Å². The fourth-order valence-electron chi connectivity index (χ4n) is 5.19. The van der Waals surface area contributed by atoms with E-state index in [0.717, 1.165) is 31.6 Å². The predicted molar refractivity (Wildman–Crippen MR) is 123 cm³/mol. The zero-order chi connectivity index (χ0) is 21.5. The van der Waals surface area contributed by atoms with E-state index in [2.05, 4.69) is 20.9 Å². The first-order valence-electron chi connectivity index (χ1n) is 11.7. The first-order valence-corrected chi connectivity index (χ1v) is 11.7. The maximum Gasteiger partial charge on any atom is 0.337 e. The number of rotatable bonds is 8. The van der Waals surface area contributed by atoms with Crippen molar-refractivity contribution in [3.63, 3.8) is 0 Å². The molecule has 1 saturated heterocycles. The fourth-order valence-corrected chi connectivity index (χ4v) is 5.19. The molecule has 0 spiro atoms. The van der Waals surface area contributed by atoms with Crippen LogP contribution in [0.4, 0.5) is 0 Å². The minimum absolute atomic E-state index is 0.284. The molecular formula is C26H35N3O2. The van der Waals surface area contributed by atoms with Gasteiger partial charge in [0.2, 0.25) is 0 Å². The molecule has 0 N–H and O–H groups in total. The topological polar surface area (TPSA) is 45.7 Å². The molecule has 1 aromatic heterocycles. The molecule has 0 radical (unpaired) electrons. The molecule has 31 heavy (non-hydrogen) atoms.